The molecule has 0 aliphatic heterocycles. The normalized spacial score (nSPS) is 10.4. The first-order valence-electron chi connectivity index (χ1n) is 8.26. The summed E-state index contributed by atoms with van der Waals surface area (Å²) >= 11 is 0. The molecule has 0 unspecified atom stereocenters. The van der Waals surface area contributed by atoms with Gasteiger partial charge in [-0.05, 0) is 35.6 Å². The van der Waals surface area contributed by atoms with Gasteiger partial charge < -0.3 is 14.8 Å². The lowest BCUT2D eigenvalue weighted by Gasteiger charge is -2.10. The predicted octanol–water partition coefficient (Wildman–Crippen LogP) is 3.59. The Labute approximate surface area is 147 Å². The predicted molar refractivity (Wildman–Crippen MR) is 99.2 cm³/mol. The van der Waals surface area contributed by atoms with Crippen molar-refractivity contribution in [2.45, 2.75) is 6.42 Å². The molecule has 0 fully saturated rings. The number of hydrogen-bond donors (Lipinski definition) is 1. The van der Waals surface area contributed by atoms with Crippen LogP contribution in [0.3, 0.4) is 0 Å². The minimum atomic E-state index is -0.124. The van der Waals surface area contributed by atoms with Crippen molar-refractivity contribution in [3.63, 3.8) is 0 Å². The van der Waals surface area contributed by atoms with Crippen LogP contribution in [-0.4, -0.2) is 26.2 Å². The van der Waals surface area contributed by atoms with E-state index < -0.39 is 0 Å². The fraction of sp³-hybridized carbons (Fsp3) is 0.190. The van der Waals surface area contributed by atoms with Crippen LogP contribution in [0.25, 0.3) is 10.8 Å². The molecular weight excluding hydrogens is 314 g/mol. The molecule has 0 saturated heterocycles. The molecule has 1 N–H and O–H groups in total. The molecular formula is C21H21NO3. The maximum Gasteiger partial charge on any atom is 0.257 e. The monoisotopic (exact) mass is 335 g/mol. The smallest absolute Gasteiger partial charge is 0.257 e. The third-order valence-corrected chi connectivity index (χ3v) is 4.00. The highest BCUT2D eigenvalue weighted by Crippen LogP contribution is 2.24. The number of carbonyl (C=O) groups excluding carboxylic acids is 1. The first kappa shape index (κ1) is 16.8. The Hall–Kier alpha value is -3.01. The van der Waals surface area contributed by atoms with Crippen LogP contribution in [0.5, 0.6) is 11.5 Å². The van der Waals surface area contributed by atoms with Gasteiger partial charge in [-0.3, -0.25) is 4.79 Å². The van der Waals surface area contributed by atoms with Gasteiger partial charge in [-0.15, -0.1) is 0 Å². The summed E-state index contributed by atoms with van der Waals surface area (Å²) in [5.74, 6) is 1.43. The van der Waals surface area contributed by atoms with Crippen molar-refractivity contribution in [2.24, 2.45) is 0 Å². The molecule has 0 aliphatic carbocycles. The van der Waals surface area contributed by atoms with E-state index in [-0.39, 0.29) is 12.5 Å². The lowest BCUT2D eigenvalue weighted by Crippen LogP contribution is -2.30. The molecule has 1 amide bonds. The van der Waals surface area contributed by atoms with E-state index in [1.54, 1.807) is 7.11 Å². The quantitative estimate of drug-likeness (QED) is 0.718. The van der Waals surface area contributed by atoms with Gasteiger partial charge in [0, 0.05) is 11.9 Å². The van der Waals surface area contributed by atoms with Crippen molar-refractivity contribution in [3.8, 4) is 11.5 Å². The second kappa shape index (κ2) is 8.20. The molecule has 25 heavy (non-hydrogen) atoms. The number of methoxy groups -OCH3 is 1. The number of amides is 1. The Balaban J connectivity index is 1.47. The Morgan fingerprint density at radius 3 is 2.52 bits per heavy atom. The van der Waals surface area contributed by atoms with E-state index in [1.807, 2.05) is 66.7 Å². The maximum absolute atomic E-state index is 12.0. The van der Waals surface area contributed by atoms with E-state index in [0.717, 1.165) is 34.3 Å². The summed E-state index contributed by atoms with van der Waals surface area (Å²) in [5.41, 5.74) is 1.15. The number of rotatable bonds is 7. The first-order valence-corrected chi connectivity index (χ1v) is 8.26. The molecule has 0 spiro atoms. The Bertz CT molecular complexity index is 838. The van der Waals surface area contributed by atoms with Crippen LogP contribution in [0, 0.1) is 0 Å². The molecule has 0 aliphatic rings. The summed E-state index contributed by atoms with van der Waals surface area (Å²) < 4.78 is 10.8. The van der Waals surface area contributed by atoms with Gasteiger partial charge in [-0.2, -0.15) is 0 Å². The zero-order chi connectivity index (χ0) is 17.5. The van der Waals surface area contributed by atoms with Crippen LogP contribution in [0.15, 0.2) is 66.7 Å². The van der Waals surface area contributed by atoms with E-state index in [4.69, 9.17) is 9.47 Å². The third kappa shape index (κ3) is 4.51. The van der Waals surface area contributed by atoms with Gasteiger partial charge in [0.05, 0.1) is 7.11 Å². The SMILES string of the molecule is COc1ccc(CCNC(=O)COc2cccc3ccccc23)cc1. The zero-order valence-corrected chi connectivity index (χ0v) is 14.2. The van der Waals surface area contributed by atoms with E-state index >= 15 is 0 Å². The van der Waals surface area contributed by atoms with Gasteiger partial charge in [0.15, 0.2) is 6.61 Å². The maximum atomic E-state index is 12.0. The van der Waals surface area contributed by atoms with Crippen LogP contribution in [0.1, 0.15) is 5.56 Å². The van der Waals surface area contributed by atoms with Gasteiger partial charge in [0.2, 0.25) is 0 Å². The van der Waals surface area contributed by atoms with E-state index in [0.29, 0.717) is 6.54 Å². The summed E-state index contributed by atoms with van der Waals surface area (Å²) in [6.45, 7) is 0.584. The number of nitrogens with one attached hydrogen (secondary N) is 1. The van der Waals surface area contributed by atoms with Crippen LogP contribution >= 0.6 is 0 Å². The Morgan fingerprint density at radius 1 is 0.960 bits per heavy atom. The third-order valence-electron chi connectivity index (χ3n) is 4.00. The molecule has 128 valence electrons. The lowest BCUT2D eigenvalue weighted by atomic mass is 10.1. The Morgan fingerprint density at radius 2 is 1.72 bits per heavy atom. The molecule has 3 aromatic rings. The van der Waals surface area contributed by atoms with Crippen molar-refractivity contribution >= 4 is 16.7 Å². The fourth-order valence-electron chi connectivity index (χ4n) is 2.65. The van der Waals surface area contributed by atoms with Crippen LogP contribution in [-0.2, 0) is 11.2 Å². The molecule has 4 nitrogen and oxygen atoms in total. The van der Waals surface area contributed by atoms with Crippen molar-refractivity contribution in [2.75, 3.05) is 20.3 Å². The van der Waals surface area contributed by atoms with Crippen molar-refractivity contribution in [1.82, 2.24) is 5.32 Å². The number of carbonyl (C=O) groups is 1. The Kier molecular flexibility index (Phi) is 5.52. The minimum absolute atomic E-state index is 0.0105. The van der Waals surface area contributed by atoms with Crippen molar-refractivity contribution in [1.29, 1.82) is 0 Å². The van der Waals surface area contributed by atoms with Gasteiger partial charge in [-0.1, -0.05) is 48.5 Å². The van der Waals surface area contributed by atoms with Crippen LogP contribution in [0.2, 0.25) is 0 Å². The van der Waals surface area contributed by atoms with Crippen molar-refractivity contribution in [3.05, 3.63) is 72.3 Å². The molecule has 4 heteroatoms. The molecule has 3 aromatic carbocycles. The van der Waals surface area contributed by atoms with E-state index in [9.17, 15) is 4.79 Å². The topological polar surface area (TPSA) is 47.6 Å². The van der Waals surface area contributed by atoms with E-state index in [1.165, 1.54) is 0 Å². The largest absolute Gasteiger partial charge is 0.497 e. The standard InChI is InChI=1S/C21H21NO3/c1-24-18-11-9-16(10-12-18)13-14-22-21(23)15-25-20-8-4-6-17-5-2-3-7-19(17)20/h2-12H,13-15H2,1H3,(H,22,23). The van der Waals surface area contributed by atoms with Gasteiger partial charge in [0.25, 0.3) is 5.91 Å². The second-order valence-electron chi connectivity index (χ2n) is 5.71. The van der Waals surface area contributed by atoms with Crippen LogP contribution < -0.4 is 14.8 Å². The molecule has 3 rings (SSSR count). The number of benzene rings is 3. The number of fused-ring (bicyclic) bond motifs is 1. The molecule has 0 bridgehead atoms. The molecule has 0 heterocycles. The number of ether oxygens (including phenoxy) is 2. The average Bonchev–Trinajstić information content (AvgIpc) is 2.67. The van der Waals surface area contributed by atoms with Crippen LogP contribution in [0.4, 0.5) is 0 Å². The molecule has 0 saturated carbocycles. The highest BCUT2D eigenvalue weighted by molar-refractivity contribution is 5.88. The molecule has 0 aromatic heterocycles. The van der Waals surface area contributed by atoms with Gasteiger partial charge >= 0.3 is 0 Å². The lowest BCUT2D eigenvalue weighted by molar-refractivity contribution is -0.123. The average molecular weight is 335 g/mol. The summed E-state index contributed by atoms with van der Waals surface area (Å²) in [7, 11) is 1.64. The molecule has 0 atom stereocenters. The number of hydrogen-bond acceptors (Lipinski definition) is 3. The van der Waals surface area contributed by atoms with Gasteiger partial charge in [0.1, 0.15) is 11.5 Å². The summed E-state index contributed by atoms with van der Waals surface area (Å²) in [5, 5.41) is 4.99. The zero-order valence-electron chi connectivity index (χ0n) is 14.2. The minimum Gasteiger partial charge on any atom is -0.497 e. The van der Waals surface area contributed by atoms with Crippen molar-refractivity contribution < 1.29 is 14.3 Å². The molecule has 0 radical (unpaired) electrons. The second-order valence-corrected chi connectivity index (χ2v) is 5.71. The summed E-state index contributed by atoms with van der Waals surface area (Å²) in [6, 6.07) is 21.6. The highest BCUT2D eigenvalue weighted by atomic mass is 16.5. The first-order chi connectivity index (χ1) is 12.3. The fourth-order valence-corrected chi connectivity index (χ4v) is 2.65. The van der Waals surface area contributed by atoms with Gasteiger partial charge in [-0.25, -0.2) is 0 Å². The highest BCUT2D eigenvalue weighted by Gasteiger charge is 2.05. The summed E-state index contributed by atoms with van der Waals surface area (Å²) in [6.07, 6.45) is 0.768. The van der Waals surface area contributed by atoms with E-state index in [2.05, 4.69) is 5.32 Å². The summed E-state index contributed by atoms with van der Waals surface area (Å²) in [4.78, 5) is 12.0.